The van der Waals surface area contributed by atoms with Gasteiger partial charge in [-0.05, 0) is 83.5 Å². The van der Waals surface area contributed by atoms with Gasteiger partial charge in [-0.3, -0.25) is 23.4 Å². The first kappa shape index (κ1) is 54.4. The fourth-order valence-corrected chi connectivity index (χ4v) is 5.78. The third kappa shape index (κ3) is 39.2. The minimum atomic E-state index is -4.75. The van der Waals surface area contributed by atoms with Crippen molar-refractivity contribution in [1.29, 1.82) is 0 Å². The van der Waals surface area contributed by atoms with Crippen LogP contribution in [0.15, 0.2) is 97.2 Å². The summed E-state index contributed by atoms with van der Waals surface area (Å²) >= 11 is 0. The molecule has 0 aromatic rings. The van der Waals surface area contributed by atoms with Gasteiger partial charge in [0.25, 0.3) is 0 Å². The average molecular weight is 832 g/mol. The molecule has 0 aliphatic carbocycles. The maximum absolute atomic E-state index is 12.6. The number of carboxylic acid groups (broad SMARTS) is 1. The van der Waals surface area contributed by atoms with Gasteiger partial charge in [0.15, 0.2) is 6.10 Å². The summed E-state index contributed by atoms with van der Waals surface area (Å²) in [5.74, 6) is -2.52. The van der Waals surface area contributed by atoms with Crippen LogP contribution in [0, 0.1) is 0 Å². The minimum Gasteiger partial charge on any atom is -0.480 e. The standard InChI is InChI=1S/C46H74NO10P/c1-3-5-7-9-11-13-15-17-19-20-21-22-24-26-28-30-32-34-36-38-45(49)57-42(40-55-58(52,53)56-41-43(47)46(50)51)39-54-44(48)37-35-33-31-29-27-25-23-18-16-14-12-10-8-6-4-2/h5,7,11-14,17-19,21-23,26,28,32,34,42-43H,3-4,6,8-10,15-16,20,24-25,27,29-31,33,35-41,47H2,1-2H3,(H,50,51)(H,52,53). The zero-order valence-electron chi connectivity index (χ0n) is 35.3. The number of carboxylic acids is 1. The van der Waals surface area contributed by atoms with Crippen LogP contribution in [0.3, 0.4) is 0 Å². The summed E-state index contributed by atoms with van der Waals surface area (Å²) in [5, 5.41) is 8.88. The minimum absolute atomic E-state index is 0.0271. The lowest BCUT2D eigenvalue weighted by molar-refractivity contribution is -0.161. The number of unbranched alkanes of at least 4 members (excludes halogenated alkanes) is 8. The van der Waals surface area contributed by atoms with Gasteiger partial charge in [-0.1, -0.05) is 143 Å². The highest BCUT2D eigenvalue weighted by Gasteiger charge is 2.28. The predicted molar refractivity (Wildman–Crippen MR) is 235 cm³/mol. The van der Waals surface area contributed by atoms with E-state index >= 15 is 0 Å². The fourth-order valence-electron chi connectivity index (χ4n) is 5.00. The molecule has 3 unspecified atom stereocenters. The van der Waals surface area contributed by atoms with Gasteiger partial charge in [0.1, 0.15) is 12.6 Å². The number of allylic oxidation sites excluding steroid dienone is 16. The van der Waals surface area contributed by atoms with Crippen molar-refractivity contribution >= 4 is 25.7 Å². The molecule has 0 bridgehead atoms. The van der Waals surface area contributed by atoms with Gasteiger partial charge in [0.05, 0.1) is 13.2 Å². The number of hydrogen-bond donors (Lipinski definition) is 3. The SMILES string of the molecule is CCC=CCC=CCC=CCC=CCC=CCC=CCCC(=O)OC(COC(=O)CCCCCCCC=CCC=CCCCCC)COP(=O)(O)OCC(N)C(=O)O. The highest BCUT2D eigenvalue weighted by molar-refractivity contribution is 7.47. The molecule has 0 aromatic heterocycles. The second kappa shape index (κ2) is 40.2. The van der Waals surface area contributed by atoms with Crippen molar-refractivity contribution in [3.63, 3.8) is 0 Å². The van der Waals surface area contributed by atoms with E-state index in [2.05, 4.69) is 97.4 Å². The van der Waals surface area contributed by atoms with Crippen LogP contribution in [0.5, 0.6) is 0 Å². The van der Waals surface area contributed by atoms with Crippen LogP contribution in [0.1, 0.15) is 142 Å². The molecule has 0 saturated heterocycles. The Hall–Kier alpha value is -3.60. The Bertz CT molecular complexity index is 1350. The van der Waals surface area contributed by atoms with Crippen LogP contribution in [0.4, 0.5) is 0 Å². The molecule has 0 aliphatic rings. The van der Waals surface area contributed by atoms with Crippen LogP contribution in [0.2, 0.25) is 0 Å². The number of aliphatic carboxylic acids is 1. The Morgan fingerprint density at radius 1 is 0.552 bits per heavy atom. The van der Waals surface area contributed by atoms with Crippen LogP contribution >= 0.6 is 7.82 Å². The second-order valence-corrected chi connectivity index (χ2v) is 15.2. The maximum atomic E-state index is 12.6. The molecule has 0 fully saturated rings. The number of phosphoric acid groups is 1. The molecular formula is C46H74NO10P. The van der Waals surface area contributed by atoms with Crippen LogP contribution < -0.4 is 5.73 Å². The van der Waals surface area contributed by atoms with Gasteiger partial charge in [-0.2, -0.15) is 0 Å². The second-order valence-electron chi connectivity index (χ2n) is 13.7. The number of esters is 2. The number of carbonyl (C=O) groups is 3. The van der Waals surface area contributed by atoms with Gasteiger partial charge in [0.2, 0.25) is 0 Å². The normalized spacial score (nSPS) is 14.7. The summed E-state index contributed by atoms with van der Waals surface area (Å²) in [6.45, 7) is 2.55. The molecule has 0 rings (SSSR count). The Morgan fingerprint density at radius 3 is 1.52 bits per heavy atom. The average Bonchev–Trinajstić information content (AvgIpc) is 3.20. The zero-order valence-corrected chi connectivity index (χ0v) is 36.2. The monoisotopic (exact) mass is 832 g/mol. The number of ether oxygens (including phenoxy) is 2. The van der Waals surface area contributed by atoms with Crippen molar-refractivity contribution in [3.8, 4) is 0 Å². The lowest BCUT2D eigenvalue weighted by Crippen LogP contribution is -2.34. The van der Waals surface area contributed by atoms with E-state index in [9.17, 15) is 23.8 Å². The van der Waals surface area contributed by atoms with E-state index in [0.717, 1.165) is 77.0 Å². The summed E-state index contributed by atoms with van der Waals surface area (Å²) < 4.78 is 32.6. The number of carbonyl (C=O) groups excluding carboxylic acids is 2. The van der Waals surface area contributed by atoms with E-state index in [0.29, 0.717) is 19.3 Å². The maximum Gasteiger partial charge on any atom is 0.472 e. The number of phosphoric ester groups is 1. The quantitative estimate of drug-likeness (QED) is 0.0234. The molecule has 11 nitrogen and oxygen atoms in total. The molecule has 0 aliphatic heterocycles. The molecular weight excluding hydrogens is 757 g/mol. The van der Waals surface area contributed by atoms with E-state index in [1.807, 2.05) is 18.2 Å². The van der Waals surface area contributed by atoms with E-state index < -0.39 is 51.1 Å². The largest absolute Gasteiger partial charge is 0.480 e. The van der Waals surface area contributed by atoms with E-state index in [-0.39, 0.29) is 19.4 Å². The number of rotatable bonds is 38. The van der Waals surface area contributed by atoms with Crippen molar-refractivity contribution in [2.75, 3.05) is 19.8 Å². The summed E-state index contributed by atoms with van der Waals surface area (Å²) in [4.78, 5) is 45.9. The third-order valence-electron chi connectivity index (χ3n) is 8.33. The van der Waals surface area contributed by atoms with Crippen LogP contribution in [-0.2, 0) is 37.5 Å². The van der Waals surface area contributed by atoms with E-state index in [1.54, 1.807) is 0 Å². The summed E-state index contributed by atoms with van der Waals surface area (Å²) in [6.07, 6.45) is 50.6. The molecule has 0 saturated carbocycles. The summed E-state index contributed by atoms with van der Waals surface area (Å²) in [7, 11) is -4.75. The molecule has 0 heterocycles. The molecule has 328 valence electrons. The lowest BCUT2D eigenvalue weighted by Gasteiger charge is -2.20. The molecule has 4 N–H and O–H groups in total. The van der Waals surface area contributed by atoms with Crippen LogP contribution in [-0.4, -0.2) is 59.9 Å². The Morgan fingerprint density at radius 2 is 1.00 bits per heavy atom. The Balaban J connectivity index is 4.56. The van der Waals surface area contributed by atoms with E-state index in [1.165, 1.54) is 19.3 Å². The number of hydrogen-bond acceptors (Lipinski definition) is 9. The Kier molecular flexibility index (Phi) is 37.7. The number of nitrogens with two attached hydrogens (primary N) is 1. The first-order valence-corrected chi connectivity index (χ1v) is 22.8. The first-order valence-electron chi connectivity index (χ1n) is 21.3. The molecule has 0 amide bonds. The van der Waals surface area contributed by atoms with Crippen molar-refractivity contribution in [3.05, 3.63) is 97.2 Å². The Labute approximate surface area is 349 Å². The molecule has 58 heavy (non-hydrogen) atoms. The van der Waals surface area contributed by atoms with Gasteiger partial charge in [-0.25, -0.2) is 4.57 Å². The highest BCUT2D eigenvalue weighted by Crippen LogP contribution is 2.43. The summed E-state index contributed by atoms with van der Waals surface area (Å²) in [6, 6.07) is -1.54. The molecule has 12 heteroatoms. The van der Waals surface area contributed by atoms with Gasteiger partial charge < -0.3 is 25.2 Å². The molecule has 0 radical (unpaired) electrons. The lowest BCUT2D eigenvalue weighted by atomic mass is 10.1. The fraction of sp³-hybridized carbons (Fsp3) is 0.587. The van der Waals surface area contributed by atoms with Crippen molar-refractivity contribution in [1.82, 2.24) is 0 Å². The van der Waals surface area contributed by atoms with Crippen LogP contribution in [0.25, 0.3) is 0 Å². The third-order valence-corrected chi connectivity index (χ3v) is 9.28. The van der Waals surface area contributed by atoms with Crippen molar-refractivity contribution in [2.24, 2.45) is 5.73 Å². The van der Waals surface area contributed by atoms with Crippen molar-refractivity contribution < 1.29 is 47.5 Å². The first-order chi connectivity index (χ1) is 28.1. The van der Waals surface area contributed by atoms with Crippen molar-refractivity contribution in [2.45, 2.75) is 154 Å². The molecule has 0 spiro atoms. The topological polar surface area (TPSA) is 172 Å². The van der Waals surface area contributed by atoms with Gasteiger partial charge in [-0.15, -0.1) is 0 Å². The van der Waals surface area contributed by atoms with Gasteiger partial charge >= 0.3 is 25.7 Å². The molecule has 0 aromatic carbocycles. The summed E-state index contributed by atoms with van der Waals surface area (Å²) in [5.41, 5.74) is 5.32. The predicted octanol–water partition coefficient (Wildman–Crippen LogP) is 11.3. The zero-order chi connectivity index (χ0) is 42.8. The highest BCUT2D eigenvalue weighted by atomic mass is 31.2. The molecule has 3 atom stereocenters. The smallest absolute Gasteiger partial charge is 0.472 e. The van der Waals surface area contributed by atoms with Gasteiger partial charge in [0, 0.05) is 12.8 Å². The van der Waals surface area contributed by atoms with E-state index in [4.69, 9.17) is 24.8 Å².